The first-order valence-corrected chi connectivity index (χ1v) is 11.9. The van der Waals surface area contributed by atoms with E-state index in [0.717, 1.165) is 50.2 Å². The summed E-state index contributed by atoms with van der Waals surface area (Å²) in [6, 6.07) is 7.16. The van der Waals surface area contributed by atoms with Crippen LogP contribution >= 0.6 is 11.6 Å². The first-order chi connectivity index (χ1) is 16.0. The second kappa shape index (κ2) is 8.67. The van der Waals surface area contributed by atoms with Crippen molar-refractivity contribution < 1.29 is 4.79 Å². The summed E-state index contributed by atoms with van der Waals surface area (Å²) in [6.45, 7) is 4.08. The summed E-state index contributed by atoms with van der Waals surface area (Å²) in [5, 5.41) is 3.57. The smallest absolute Gasteiger partial charge is 0.329 e. The number of aryl methyl sites for hydroxylation is 1. The first kappa shape index (κ1) is 21.7. The molecule has 33 heavy (non-hydrogen) atoms. The highest BCUT2D eigenvalue weighted by atomic mass is 35.5. The van der Waals surface area contributed by atoms with Crippen LogP contribution in [0.2, 0.25) is 5.02 Å². The van der Waals surface area contributed by atoms with Crippen LogP contribution in [0, 0.1) is 0 Å². The number of H-pyrrole nitrogens is 1. The highest BCUT2D eigenvalue weighted by Gasteiger charge is 2.28. The van der Waals surface area contributed by atoms with E-state index < -0.39 is 17.2 Å². The molecule has 2 aromatic heterocycles. The lowest BCUT2D eigenvalue weighted by molar-refractivity contribution is 0.102. The molecular weight excluding hydrogens is 442 g/mol. The molecule has 3 aromatic rings. The Morgan fingerprint density at radius 2 is 1.94 bits per heavy atom. The van der Waals surface area contributed by atoms with Crippen LogP contribution in [0.25, 0.3) is 11.0 Å². The SMILES string of the molecule is CCn1c(=O)[nH]c(=O)c2c(C(=O)Nc3ccc(N4CCCCC4)c(Cl)c3)cc(C3CC3)nc21. The highest BCUT2D eigenvalue weighted by molar-refractivity contribution is 6.33. The molecule has 1 aliphatic heterocycles. The molecule has 0 radical (unpaired) electrons. The number of carbonyl (C=O) groups is 1. The Hall–Kier alpha value is -3.13. The van der Waals surface area contributed by atoms with Gasteiger partial charge in [-0.2, -0.15) is 0 Å². The number of pyridine rings is 1. The van der Waals surface area contributed by atoms with Gasteiger partial charge in [-0.15, -0.1) is 0 Å². The van der Waals surface area contributed by atoms with Gasteiger partial charge >= 0.3 is 5.69 Å². The Labute approximate surface area is 195 Å². The zero-order valence-corrected chi connectivity index (χ0v) is 19.2. The van der Waals surface area contributed by atoms with Crippen molar-refractivity contribution in [3.05, 3.63) is 61.4 Å². The molecular formula is C24H26ClN5O3. The molecule has 0 atom stereocenters. The van der Waals surface area contributed by atoms with Crippen molar-refractivity contribution in [2.24, 2.45) is 0 Å². The highest BCUT2D eigenvalue weighted by Crippen LogP contribution is 2.40. The summed E-state index contributed by atoms with van der Waals surface area (Å²) in [6.07, 6.45) is 5.48. The first-order valence-electron chi connectivity index (χ1n) is 11.5. The maximum Gasteiger partial charge on any atom is 0.329 e. The average molecular weight is 468 g/mol. The van der Waals surface area contributed by atoms with Crippen molar-refractivity contribution in [3.8, 4) is 0 Å². The molecule has 0 spiro atoms. The van der Waals surface area contributed by atoms with Gasteiger partial charge in [0.15, 0.2) is 5.65 Å². The van der Waals surface area contributed by atoms with E-state index in [9.17, 15) is 14.4 Å². The molecule has 2 aliphatic rings. The second-order valence-corrected chi connectivity index (χ2v) is 9.15. The molecule has 172 valence electrons. The van der Waals surface area contributed by atoms with Crippen molar-refractivity contribution >= 4 is 39.9 Å². The Morgan fingerprint density at radius 3 is 2.61 bits per heavy atom. The van der Waals surface area contributed by atoms with E-state index in [4.69, 9.17) is 11.6 Å². The van der Waals surface area contributed by atoms with Gasteiger partial charge < -0.3 is 10.2 Å². The number of halogens is 1. The number of hydrogen-bond acceptors (Lipinski definition) is 5. The van der Waals surface area contributed by atoms with Crippen LogP contribution in [-0.2, 0) is 6.54 Å². The monoisotopic (exact) mass is 467 g/mol. The summed E-state index contributed by atoms with van der Waals surface area (Å²) < 4.78 is 1.39. The van der Waals surface area contributed by atoms with Gasteiger partial charge in [-0.3, -0.25) is 19.1 Å². The molecule has 3 heterocycles. The van der Waals surface area contributed by atoms with Gasteiger partial charge in [0, 0.05) is 36.9 Å². The van der Waals surface area contributed by atoms with Crippen molar-refractivity contribution in [2.45, 2.75) is 51.5 Å². The summed E-state index contributed by atoms with van der Waals surface area (Å²) in [4.78, 5) is 47.5. The maximum absolute atomic E-state index is 13.3. The number of anilines is 2. The Morgan fingerprint density at radius 1 is 1.18 bits per heavy atom. The fourth-order valence-corrected chi connectivity index (χ4v) is 4.83. The summed E-state index contributed by atoms with van der Waals surface area (Å²) in [7, 11) is 0. The molecule has 1 aromatic carbocycles. The zero-order chi connectivity index (χ0) is 23.1. The largest absolute Gasteiger partial charge is 0.370 e. The molecule has 1 aliphatic carbocycles. The normalized spacial score (nSPS) is 16.2. The van der Waals surface area contributed by atoms with Crippen LogP contribution in [0.15, 0.2) is 33.9 Å². The quantitative estimate of drug-likeness (QED) is 0.593. The number of rotatable bonds is 5. The third-order valence-corrected chi connectivity index (χ3v) is 6.73. The van der Waals surface area contributed by atoms with E-state index in [-0.39, 0.29) is 22.5 Å². The standard InChI is InChI=1S/C24H26ClN5O3/c1-2-30-21-20(23(32)28-24(30)33)16(13-18(27-21)14-6-7-14)22(31)26-15-8-9-19(17(25)12-15)29-10-4-3-5-11-29/h8-9,12-14H,2-7,10-11H2,1H3,(H,26,31)(H,28,32,33). The average Bonchev–Trinajstić information content (AvgIpc) is 3.65. The predicted molar refractivity (Wildman–Crippen MR) is 130 cm³/mol. The van der Waals surface area contributed by atoms with Crippen LogP contribution in [-0.4, -0.2) is 33.5 Å². The van der Waals surface area contributed by atoms with Crippen molar-refractivity contribution in [1.29, 1.82) is 0 Å². The van der Waals surface area contributed by atoms with E-state index in [0.29, 0.717) is 17.3 Å². The molecule has 2 fully saturated rings. The fourth-order valence-electron chi connectivity index (χ4n) is 4.53. The number of fused-ring (bicyclic) bond motifs is 1. The Balaban J connectivity index is 1.53. The van der Waals surface area contributed by atoms with E-state index in [1.54, 1.807) is 19.1 Å². The topological polar surface area (TPSA) is 100 Å². The van der Waals surface area contributed by atoms with Gasteiger partial charge in [-0.05, 0) is 63.3 Å². The number of nitrogens with one attached hydrogen (secondary N) is 2. The van der Waals surface area contributed by atoms with Gasteiger partial charge in [-0.1, -0.05) is 11.6 Å². The molecule has 0 unspecified atom stereocenters. The maximum atomic E-state index is 13.3. The number of nitrogens with zero attached hydrogens (tertiary/aromatic N) is 3. The van der Waals surface area contributed by atoms with Gasteiger partial charge in [-0.25, -0.2) is 9.78 Å². The van der Waals surface area contributed by atoms with Crippen molar-refractivity contribution in [3.63, 3.8) is 0 Å². The summed E-state index contributed by atoms with van der Waals surface area (Å²) in [5.41, 5.74) is 1.56. The van der Waals surface area contributed by atoms with Crippen LogP contribution in [0.5, 0.6) is 0 Å². The molecule has 8 nitrogen and oxygen atoms in total. The molecule has 1 saturated heterocycles. The van der Waals surface area contributed by atoms with Gasteiger partial charge in [0.2, 0.25) is 0 Å². The minimum Gasteiger partial charge on any atom is -0.370 e. The fraction of sp³-hybridized carbons (Fsp3) is 0.417. The number of aromatic nitrogens is 3. The third kappa shape index (κ3) is 4.15. The van der Waals surface area contributed by atoms with E-state index in [2.05, 4.69) is 20.2 Å². The number of carbonyl (C=O) groups excluding carboxylic acids is 1. The van der Waals surface area contributed by atoms with Crippen molar-refractivity contribution in [1.82, 2.24) is 14.5 Å². The molecule has 1 saturated carbocycles. The lowest BCUT2D eigenvalue weighted by Crippen LogP contribution is -2.32. The minimum absolute atomic E-state index is 0.120. The Kier molecular flexibility index (Phi) is 5.70. The molecule has 1 amide bonds. The van der Waals surface area contributed by atoms with Gasteiger partial charge in [0.1, 0.15) is 0 Å². The van der Waals surface area contributed by atoms with Crippen LogP contribution < -0.4 is 21.5 Å². The van der Waals surface area contributed by atoms with Crippen LogP contribution in [0.1, 0.15) is 61.0 Å². The number of amides is 1. The van der Waals surface area contributed by atoms with Gasteiger partial charge in [0.05, 0.1) is 21.7 Å². The number of piperidine rings is 1. The Bertz CT molecular complexity index is 1350. The summed E-state index contributed by atoms with van der Waals surface area (Å²) in [5.74, 6) is -0.184. The van der Waals surface area contributed by atoms with E-state index >= 15 is 0 Å². The molecule has 2 N–H and O–H groups in total. The number of benzene rings is 1. The second-order valence-electron chi connectivity index (χ2n) is 8.74. The minimum atomic E-state index is -0.613. The lowest BCUT2D eigenvalue weighted by Gasteiger charge is -2.29. The van der Waals surface area contributed by atoms with Crippen molar-refractivity contribution in [2.75, 3.05) is 23.3 Å². The van der Waals surface area contributed by atoms with E-state index in [1.807, 2.05) is 12.1 Å². The summed E-state index contributed by atoms with van der Waals surface area (Å²) >= 11 is 6.55. The molecule has 5 rings (SSSR count). The zero-order valence-electron chi connectivity index (χ0n) is 18.5. The van der Waals surface area contributed by atoms with E-state index in [1.165, 1.54) is 11.0 Å². The third-order valence-electron chi connectivity index (χ3n) is 6.43. The molecule has 9 heteroatoms. The van der Waals surface area contributed by atoms with Crippen LogP contribution in [0.3, 0.4) is 0 Å². The van der Waals surface area contributed by atoms with Gasteiger partial charge in [0.25, 0.3) is 11.5 Å². The number of hydrogen-bond donors (Lipinski definition) is 2. The number of aromatic amines is 1. The predicted octanol–water partition coefficient (Wildman–Crippen LogP) is 3.88. The lowest BCUT2D eigenvalue weighted by atomic mass is 10.1. The molecule has 0 bridgehead atoms. The van der Waals surface area contributed by atoms with Crippen LogP contribution in [0.4, 0.5) is 11.4 Å².